The summed E-state index contributed by atoms with van der Waals surface area (Å²) in [5.41, 5.74) is 3.51. The van der Waals surface area contributed by atoms with Crippen LogP contribution in [0.5, 0.6) is 0 Å². The molecule has 1 fully saturated rings. The van der Waals surface area contributed by atoms with Gasteiger partial charge in [-0.05, 0) is 71.3 Å². The van der Waals surface area contributed by atoms with Crippen molar-refractivity contribution in [2.75, 3.05) is 26.2 Å². The van der Waals surface area contributed by atoms with Crippen molar-refractivity contribution >= 4 is 17.8 Å². The number of nitrogens with zero attached hydrogens (tertiary/aromatic N) is 1. The molecular weight excluding hydrogens is 394 g/mol. The van der Waals surface area contributed by atoms with E-state index in [0.29, 0.717) is 42.1 Å². The van der Waals surface area contributed by atoms with E-state index < -0.39 is 5.97 Å². The highest BCUT2D eigenvalue weighted by molar-refractivity contribution is 6.00. The number of esters is 1. The quantitative estimate of drug-likeness (QED) is 0.511. The molecule has 0 saturated carbocycles. The van der Waals surface area contributed by atoms with Crippen LogP contribution in [0, 0.1) is 19.8 Å². The number of likely N-dealkylation sites (tertiary alicyclic amines) is 1. The maximum absolute atomic E-state index is 13.2. The average Bonchev–Trinajstić information content (AvgIpc) is 3.08. The van der Waals surface area contributed by atoms with E-state index in [2.05, 4.69) is 16.4 Å². The molecule has 1 aliphatic heterocycles. The van der Waals surface area contributed by atoms with Gasteiger partial charge in [-0.3, -0.25) is 9.59 Å². The van der Waals surface area contributed by atoms with Gasteiger partial charge >= 0.3 is 5.97 Å². The van der Waals surface area contributed by atoms with Crippen LogP contribution in [-0.2, 0) is 9.53 Å². The zero-order chi connectivity index (χ0) is 22.4. The van der Waals surface area contributed by atoms with Gasteiger partial charge < -0.3 is 19.9 Å². The molecule has 2 aliphatic rings. The molecule has 0 spiro atoms. The molecule has 170 valence electrons. The molecule has 2 heterocycles. The monoisotopic (exact) mass is 429 g/mol. The Balaban J connectivity index is 1.59. The summed E-state index contributed by atoms with van der Waals surface area (Å²) in [6, 6.07) is 0. The second-order valence-corrected chi connectivity index (χ2v) is 8.58. The number of rotatable bonds is 7. The SMILES string of the molecule is CCOC(=O)c1c(C)[nH]c(C(=O)N2CCC[C@H](C(=O)NCCC3=CCCCC3)C2)c1C. The molecule has 0 unspecified atom stereocenters. The molecule has 0 radical (unpaired) electrons. The molecule has 7 nitrogen and oxygen atoms in total. The van der Waals surface area contributed by atoms with E-state index in [1.807, 2.05) is 0 Å². The highest BCUT2D eigenvalue weighted by atomic mass is 16.5. The molecule has 3 rings (SSSR count). The summed E-state index contributed by atoms with van der Waals surface area (Å²) < 4.78 is 5.12. The van der Waals surface area contributed by atoms with Crippen LogP contribution in [-0.4, -0.2) is 53.9 Å². The number of aromatic nitrogens is 1. The fourth-order valence-corrected chi connectivity index (χ4v) is 4.63. The van der Waals surface area contributed by atoms with Crippen LogP contribution in [0.2, 0.25) is 0 Å². The third kappa shape index (κ3) is 5.57. The van der Waals surface area contributed by atoms with Crippen molar-refractivity contribution in [3.8, 4) is 0 Å². The maximum Gasteiger partial charge on any atom is 0.340 e. The van der Waals surface area contributed by atoms with Crippen LogP contribution in [0.3, 0.4) is 0 Å². The van der Waals surface area contributed by atoms with Gasteiger partial charge in [-0.1, -0.05) is 11.6 Å². The topological polar surface area (TPSA) is 91.5 Å². The van der Waals surface area contributed by atoms with E-state index >= 15 is 0 Å². The summed E-state index contributed by atoms with van der Waals surface area (Å²) in [5.74, 6) is -0.753. The standard InChI is InChI=1S/C24H35N3O4/c1-4-31-24(30)20-16(2)21(26-17(20)3)23(29)27-14-8-11-19(15-27)22(28)25-13-12-18-9-6-5-7-10-18/h9,19,26H,4-8,10-15H2,1-3H3,(H,25,28)/t19-/m0/s1. The second kappa shape index (κ2) is 10.6. The lowest BCUT2D eigenvalue weighted by molar-refractivity contribution is -0.126. The van der Waals surface area contributed by atoms with Crippen LogP contribution in [0.4, 0.5) is 0 Å². The van der Waals surface area contributed by atoms with Crippen molar-refractivity contribution in [3.63, 3.8) is 0 Å². The van der Waals surface area contributed by atoms with Gasteiger partial charge in [-0.2, -0.15) is 0 Å². The van der Waals surface area contributed by atoms with Crippen LogP contribution in [0.15, 0.2) is 11.6 Å². The minimum atomic E-state index is -0.420. The van der Waals surface area contributed by atoms with Crippen molar-refractivity contribution in [1.82, 2.24) is 15.2 Å². The molecule has 1 atom stereocenters. The highest BCUT2D eigenvalue weighted by Crippen LogP contribution is 2.24. The molecule has 2 amide bonds. The van der Waals surface area contributed by atoms with Gasteiger partial charge in [0.25, 0.3) is 5.91 Å². The summed E-state index contributed by atoms with van der Waals surface area (Å²) in [6.07, 6.45) is 9.61. The van der Waals surface area contributed by atoms with Gasteiger partial charge in [0, 0.05) is 25.3 Å². The first-order valence-electron chi connectivity index (χ1n) is 11.5. The number of aromatic amines is 1. The Morgan fingerprint density at radius 2 is 2.03 bits per heavy atom. The minimum Gasteiger partial charge on any atom is -0.462 e. The van der Waals surface area contributed by atoms with E-state index in [1.54, 1.807) is 25.7 Å². The normalized spacial score (nSPS) is 19.0. The number of ether oxygens (including phenoxy) is 1. The van der Waals surface area contributed by atoms with Crippen molar-refractivity contribution in [3.05, 3.63) is 34.2 Å². The predicted octanol–water partition coefficient (Wildman–Crippen LogP) is 3.67. The third-order valence-electron chi connectivity index (χ3n) is 6.34. The van der Waals surface area contributed by atoms with Crippen molar-refractivity contribution in [2.45, 2.75) is 65.7 Å². The number of carbonyl (C=O) groups is 3. The first kappa shape index (κ1) is 23.1. The summed E-state index contributed by atoms with van der Waals surface area (Å²) in [4.78, 5) is 42.9. The number of amides is 2. The lowest BCUT2D eigenvalue weighted by atomic mass is 9.95. The fourth-order valence-electron chi connectivity index (χ4n) is 4.63. The molecule has 1 aliphatic carbocycles. The van der Waals surface area contributed by atoms with Gasteiger partial charge in [-0.15, -0.1) is 0 Å². The molecular formula is C24H35N3O4. The lowest BCUT2D eigenvalue weighted by Gasteiger charge is -2.32. The Labute approximate surface area is 184 Å². The largest absolute Gasteiger partial charge is 0.462 e. The highest BCUT2D eigenvalue weighted by Gasteiger charge is 2.31. The summed E-state index contributed by atoms with van der Waals surface area (Å²) >= 11 is 0. The number of H-pyrrole nitrogens is 1. The molecule has 1 aromatic heterocycles. The van der Waals surface area contributed by atoms with E-state index in [-0.39, 0.29) is 24.3 Å². The van der Waals surface area contributed by atoms with Gasteiger partial charge in [0.2, 0.25) is 5.91 Å². The average molecular weight is 430 g/mol. The number of nitrogens with one attached hydrogen (secondary N) is 2. The van der Waals surface area contributed by atoms with Gasteiger partial charge in [-0.25, -0.2) is 4.79 Å². The number of aryl methyl sites for hydroxylation is 1. The van der Waals surface area contributed by atoms with E-state index in [1.165, 1.54) is 18.4 Å². The van der Waals surface area contributed by atoms with Crippen LogP contribution in [0.25, 0.3) is 0 Å². The Hall–Kier alpha value is -2.57. The number of allylic oxidation sites excluding steroid dienone is 1. The predicted molar refractivity (Wildman–Crippen MR) is 119 cm³/mol. The molecule has 2 N–H and O–H groups in total. The Morgan fingerprint density at radius 1 is 1.23 bits per heavy atom. The summed E-state index contributed by atoms with van der Waals surface area (Å²) in [6.45, 7) is 7.24. The van der Waals surface area contributed by atoms with Crippen LogP contribution < -0.4 is 5.32 Å². The summed E-state index contributed by atoms with van der Waals surface area (Å²) in [5, 5.41) is 3.07. The summed E-state index contributed by atoms with van der Waals surface area (Å²) in [7, 11) is 0. The number of piperidine rings is 1. The third-order valence-corrected chi connectivity index (χ3v) is 6.34. The number of hydrogen-bond donors (Lipinski definition) is 2. The van der Waals surface area contributed by atoms with Crippen LogP contribution >= 0.6 is 0 Å². The smallest absolute Gasteiger partial charge is 0.340 e. The molecule has 1 saturated heterocycles. The zero-order valence-corrected chi connectivity index (χ0v) is 19.0. The second-order valence-electron chi connectivity index (χ2n) is 8.58. The molecule has 0 aromatic carbocycles. The van der Waals surface area contributed by atoms with Crippen molar-refractivity contribution in [1.29, 1.82) is 0 Å². The number of hydrogen-bond acceptors (Lipinski definition) is 4. The van der Waals surface area contributed by atoms with Gasteiger partial charge in [0.1, 0.15) is 5.69 Å². The zero-order valence-electron chi connectivity index (χ0n) is 19.0. The first-order valence-corrected chi connectivity index (χ1v) is 11.5. The molecule has 7 heteroatoms. The number of carbonyl (C=O) groups excluding carboxylic acids is 3. The van der Waals surface area contributed by atoms with Gasteiger partial charge in [0.15, 0.2) is 0 Å². The van der Waals surface area contributed by atoms with Gasteiger partial charge in [0.05, 0.1) is 18.1 Å². The van der Waals surface area contributed by atoms with Crippen molar-refractivity contribution in [2.24, 2.45) is 5.92 Å². The Kier molecular flexibility index (Phi) is 7.93. The fraction of sp³-hybridized carbons (Fsp3) is 0.625. The van der Waals surface area contributed by atoms with E-state index in [4.69, 9.17) is 4.74 Å². The molecule has 31 heavy (non-hydrogen) atoms. The Morgan fingerprint density at radius 3 is 2.74 bits per heavy atom. The molecule has 0 bridgehead atoms. The maximum atomic E-state index is 13.2. The van der Waals surface area contributed by atoms with Crippen LogP contribution in [0.1, 0.15) is 84.0 Å². The Bertz CT molecular complexity index is 855. The minimum absolute atomic E-state index is 0.0283. The van der Waals surface area contributed by atoms with E-state index in [9.17, 15) is 14.4 Å². The molecule has 1 aromatic rings. The first-order chi connectivity index (χ1) is 14.9. The van der Waals surface area contributed by atoms with Crippen molar-refractivity contribution < 1.29 is 19.1 Å². The van der Waals surface area contributed by atoms with E-state index in [0.717, 1.165) is 32.1 Å². The lowest BCUT2D eigenvalue weighted by Crippen LogP contribution is -2.45.